The number of rotatable bonds is 9. The fourth-order valence-electron chi connectivity index (χ4n) is 3.22. The molecule has 4 aromatic rings. The normalized spacial score (nSPS) is 10.8. The molecule has 2 N–H and O–H groups in total. The van der Waals surface area contributed by atoms with E-state index < -0.39 is 0 Å². The van der Waals surface area contributed by atoms with Crippen LogP contribution in [0.2, 0.25) is 0 Å². The molecule has 0 spiro atoms. The molecule has 4 rings (SSSR count). The SMILES string of the molecule is CCOc1ccc(-n2c(SCC(=O)NCc3cccc(OC)c3)nc3[nH]ncc3c2=O)cc1. The van der Waals surface area contributed by atoms with E-state index >= 15 is 0 Å². The Labute approximate surface area is 194 Å². The van der Waals surface area contributed by atoms with E-state index in [2.05, 4.69) is 20.5 Å². The van der Waals surface area contributed by atoms with Crippen LogP contribution in [0, 0.1) is 0 Å². The third kappa shape index (κ3) is 5.17. The van der Waals surface area contributed by atoms with Crippen molar-refractivity contribution in [2.45, 2.75) is 18.6 Å². The lowest BCUT2D eigenvalue weighted by molar-refractivity contribution is -0.118. The number of aromatic nitrogens is 4. The maximum atomic E-state index is 13.1. The molecule has 10 heteroatoms. The molecule has 170 valence electrons. The molecule has 33 heavy (non-hydrogen) atoms. The molecular weight excluding hydrogens is 442 g/mol. The lowest BCUT2D eigenvalue weighted by Crippen LogP contribution is -2.26. The van der Waals surface area contributed by atoms with Crippen molar-refractivity contribution in [3.63, 3.8) is 0 Å². The molecule has 0 aliphatic rings. The monoisotopic (exact) mass is 465 g/mol. The number of aromatic amines is 1. The Hall–Kier alpha value is -3.79. The topological polar surface area (TPSA) is 111 Å². The van der Waals surface area contributed by atoms with Gasteiger partial charge < -0.3 is 14.8 Å². The summed E-state index contributed by atoms with van der Waals surface area (Å²) in [5.74, 6) is 1.35. The van der Waals surface area contributed by atoms with Gasteiger partial charge in [-0.2, -0.15) is 5.10 Å². The highest BCUT2D eigenvalue weighted by molar-refractivity contribution is 7.99. The molecule has 0 fully saturated rings. The number of fused-ring (bicyclic) bond motifs is 1. The molecule has 0 bridgehead atoms. The minimum Gasteiger partial charge on any atom is -0.497 e. The number of carbonyl (C=O) groups is 1. The van der Waals surface area contributed by atoms with E-state index in [-0.39, 0.29) is 17.2 Å². The van der Waals surface area contributed by atoms with Gasteiger partial charge in [-0.15, -0.1) is 0 Å². The van der Waals surface area contributed by atoms with Crippen LogP contribution in [-0.2, 0) is 11.3 Å². The summed E-state index contributed by atoms with van der Waals surface area (Å²) in [4.78, 5) is 30.2. The van der Waals surface area contributed by atoms with E-state index in [1.807, 2.05) is 31.2 Å². The number of thioether (sulfide) groups is 1. The van der Waals surface area contributed by atoms with Gasteiger partial charge in [-0.3, -0.25) is 19.3 Å². The van der Waals surface area contributed by atoms with Crippen LogP contribution in [0.15, 0.2) is 64.7 Å². The Bertz CT molecular complexity index is 1320. The van der Waals surface area contributed by atoms with E-state index in [9.17, 15) is 9.59 Å². The molecule has 2 aromatic carbocycles. The van der Waals surface area contributed by atoms with E-state index in [0.717, 1.165) is 11.3 Å². The smallest absolute Gasteiger partial charge is 0.269 e. The van der Waals surface area contributed by atoms with Gasteiger partial charge in [0.15, 0.2) is 10.8 Å². The maximum absolute atomic E-state index is 13.1. The molecule has 0 aliphatic heterocycles. The number of carbonyl (C=O) groups excluding carboxylic acids is 1. The highest BCUT2D eigenvalue weighted by atomic mass is 32.2. The summed E-state index contributed by atoms with van der Waals surface area (Å²) in [6.45, 7) is 2.83. The first-order valence-corrected chi connectivity index (χ1v) is 11.3. The molecule has 0 saturated heterocycles. The van der Waals surface area contributed by atoms with Gasteiger partial charge in [0.1, 0.15) is 16.9 Å². The van der Waals surface area contributed by atoms with Gasteiger partial charge >= 0.3 is 0 Å². The Morgan fingerprint density at radius 1 is 1.18 bits per heavy atom. The number of nitrogens with zero attached hydrogens (tertiary/aromatic N) is 3. The summed E-state index contributed by atoms with van der Waals surface area (Å²) < 4.78 is 12.2. The van der Waals surface area contributed by atoms with Crippen LogP contribution >= 0.6 is 11.8 Å². The van der Waals surface area contributed by atoms with Crippen LogP contribution in [-0.4, -0.2) is 45.1 Å². The summed E-state index contributed by atoms with van der Waals surface area (Å²) in [5.41, 5.74) is 1.66. The van der Waals surface area contributed by atoms with Crippen molar-refractivity contribution in [2.24, 2.45) is 0 Å². The predicted molar refractivity (Wildman–Crippen MR) is 126 cm³/mol. The quantitative estimate of drug-likeness (QED) is 0.289. The van der Waals surface area contributed by atoms with Crippen LogP contribution in [0.3, 0.4) is 0 Å². The van der Waals surface area contributed by atoms with Gasteiger partial charge in [-0.1, -0.05) is 23.9 Å². The average molecular weight is 466 g/mol. The lowest BCUT2D eigenvalue weighted by Gasteiger charge is -2.13. The summed E-state index contributed by atoms with van der Waals surface area (Å²) in [6, 6.07) is 14.6. The van der Waals surface area contributed by atoms with Crippen molar-refractivity contribution in [1.29, 1.82) is 0 Å². The third-order valence-corrected chi connectivity index (χ3v) is 5.75. The molecule has 0 aliphatic carbocycles. The van der Waals surface area contributed by atoms with Crippen molar-refractivity contribution in [2.75, 3.05) is 19.5 Å². The number of amides is 1. The van der Waals surface area contributed by atoms with Crippen molar-refractivity contribution < 1.29 is 14.3 Å². The standard InChI is InChI=1S/C23H23N5O4S/c1-3-32-17-9-7-16(8-10-17)28-22(30)19-13-25-27-21(19)26-23(28)33-14-20(29)24-12-15-5-4-6-18(11-15)31-2/h4-11,13H,3,12,14H2,1-2H3,(H,24,29)(H,25,27). The molecule has 0 saturated carbocycles. The summed E-state index contributed by atoms with van der Waals surface area (Å²) in [5, 5.41) is 10.3. The highest BCUT2D eigenvalue weighted by Crippen LogP contribution is 2.22. The van der Waals surface area contributed by atoms with Crippen LogP contribution in [0.5, 0.6) is 11.5 Å². The van der Waals surface area contributed by atoms with Gasteiger partial charge in [-0.25, -0.2) is 4.98 Å². The number of H-pyrrole nitrogens is 1. The van der Waals surface area contributed by atoms with Gasteiger partial charge in [0.05, 0.1) is 31.4 Å². The highest BCUT2D eigenvalue weighted by Gasteiger charge is 2.16. The zero-order valence-corrected chi connectivity index (χ0v) is 19.0. The Kier molecular flexibility index (Phi) is 6.94. The fourth-order valence-corrected chi connectivity index (χ4v) is 4.06. The second-order valence-corrected chi connectivity index (χ2v) is 7.95. The number of benzene rings is 2. The third-order valence-electron chi connectivity index (χ3n) is 4.81. The first kappa shape index (κ1) is 22.4. The van der Waals surface area contributed by atoms with Crippen LogP contribution in [0.25, 0.3) is 16.7 Å². The molecule has 2 aromatic heterocycles. The van der Waals surface area contributed by atoms with Crippen molar-refractivity contribution in [3.05, 3.63) is 70.6 Å². The summed E-state index contributed by atoms with van der Waals surface area (Å²) in [6.07, 6.45) is 1.45. The molecule has 2 heterocycles. The molecule has 9 nitrogen and oxygen atoms in total. The van der Waals surface area contributed by atoms with Crippen LogP contribution in [0.4, 0.5) is 0 Å². The summed E-state index contributed by atoms with van der Waals surface area (Å²) in [7, 11) is 1.60. The number of hydrogen-bond donors (Lipinski definition) is 2. The summed E-state index contributed by atoms with van der Waals surface area (Å²) >= 11 is 1.18. The van der Waals surface area contributed by atoms with Crippen LogP contribution < -0.4 is 20.3 Å². The first-order valence-electron chi connectivity index (χ1n) is 10.3. The Morgan fingerprint density at radius 3 is 2.76 bits per heavy atom. The minimum atomic E-state index is -0.266. The Balaban J connectivity index is 1.53. The predicted octanol–water partition coefficient (Wildman–Crippen LogP) is 2.92. The zero-order chi connectivity index (χ0) is 23.2. The van der Waals surface area contributed by atoms with Gasteiger partial charge in [-0.05, 0) is 48.9 Å². The lowest BCUT2D eigenvalue weighted by atomic mass is 10.2. The number of methoxy groups -OCH3 is 1. The average Bonchev–Trinajstić information content (AvgIpc) is 3.32. The molecular formula is C23H23N5O4S. The molecule has 0 radical (unpaired) electrons. The van der Waals surface area contributed by atoms with Crippen LogP contribution in [0.1, 0.15) is 12.5 Å². The van der Waals surface area contributed by atoms with Crippen molar-refractivity contribution in [3.8, 4) is 17.2 Å². The second kappa shape index (κ2) is 10.2. The van der Waals surface area contributed by atoms with E-state index in [1.165, 1.54) is 22.5 Å². The minimum absolute atomic E-state index is 0.0904. The van der Waals surface area contributed by atoms with E-state index in [4.69, 9.17) is 9.47 Å². The number of hydrogen-bond acceptors (Lipinski definition) is 7. The van der Waals surface area contributed by atoms with Crippen molar-refractivity contribution in [1.82, 2.24) is 25.1 Å². The second-order valence-electron chi connectivity index (χ2n) is 7.01. The van der Waals surface area contributed by atoms with Gasteiger partial charge in [0, 0.05) is 6.54 Å². The van der Waals surface area contributed by atoms with Gasteiger partial charge in [0.25, 0.3) is 5.56 Å². The van der Waals surface area contributed by atoms with E-state index in [1.54, 1.807) is 31.4 Å². The number of ether oxygens (including phenoxy) is 2. The fraction of sp³-hybridized carbons (Fsp3) is 0.217. The zero-order valence-electron chi connectivity index (χ0n) is 18.2. The molecule has 0 unspecified atom stereocenters. The van der Waals surface area contributed by atoms with E-state index in [0.29, 0.717) is 40.8 Å². The Morgan fingerprint density at radius 2 is 2.00 bits per heavy atom. The molecule has 0 atom stereocenters. The maximum Gasteiger partial charge on any atom is 0.269 e. The van der Waals surface area contributed by atoms with Gasteiger partial charge in [0.2, 0.25) is 5.91 Å². The molecule has 1 amide bonds. The largest absolute Gasteiger partial charge is 0.497 e. The first-order chi connectivity index (χ1) is 16.1. The number of nitrogens with one attached hydrogen (secondary N) is 2. The van der Waals surface area contributed by atoms with Crippen molar-refractivity contribution >= 4 is 28.7 Å².